The topological polar surface area (TPSA) is 116 Å². The lowest BCUT2D eigenvalue weighted by atomic mass is 9.98. The second-order valence-corrected chi connectivity index (χ2v) is 14.9. The van der Waals surface area contributed by atoms with Crippen LogP contribution in [0.25, 0.3) is 44.3 Å². The van der Waals surface area contributed by atoms with E-state index >= 15 is 4.79 Å². The van der Waals surface area contributed by atoms with Gasteiger partial charge in [0.05, 0.1) is 28.5 Å². The van der Waals surface area contributed by atoms with Gasteiger partial charge in [-0.1, -0.05) is 34.4 Å². The Hall–Kier alpha value is -5.26. The predicted molar refractivity (Wildman–Crippen MR) is 209 cm³/mol. The molecule has 4 aromatic heterocycles. The number of nitrogens with one attached hydrogen (secondary N) is 1. The molecule has 8 rings (SSSR count). The number of anilines is 1. The summed E-state index contributed by atoms with van der Waals surface area (Å²) >= 11 is 13.5. The summed E-state index contributed by atoms with van der Waals surface area (Å²) in [6.07, 6.45) is 3.25. The number of fused-ring (bicyclic) bond motifs is 4. The van der Waals surface area contributed by atoms with Crippen molar-refractivity contribution in [3.05, 3.63) is 103 Å². The number of aromatic nitrogens is 6. The SMILES string of the molecule is Cc1cc(OCCCc2c3n(c4c(-c5c(C)nn(C)c5C)c(Cl)ccc24)C(C)CN(c2cn(C)c4ccc(-c5noc(=O)[nH]5)cc24)C3=O)cc(C)c1Cl. The van der Waals surface area contributed by atoms with Crippen molar-refractivity contribution >= 4 is 56.6 Å². The summed E-state index contributed by atoms with van der Waals surface area (Å²) in [5, 5.41) is 11.8. The van der Waals surface area contributed by atoms with Crippen molar-refractivity contribution in [2.45, 2.75) is 53.5 Å². The van der Waals surface area contributed by atoms with Gasteiger partial charge in [-0.3, -0.25) is 19.0 Å². The van der Waals surface area contributed by atoms with E-state index in [1.165, 1.54) is 0 Å². The Kier molecular flexibility index (Phi) is 8.54. The smallest absolute Gasteiger partial charge is 0.439 e. The van der Waals surface area contributed by atoms with Crippen molar-refractivity contribution in [1.82, 2.24) is 29.1 Å². The van der Waals surface area contributed by atoms with Gasteiger partial charge in [0.15, 0.2) is 5.82 Å². The van der Waals surface area contributed by atoms with E-state index in [1.54, 1.807) is 0 Å². The number of hydrogen-bond donors (Lipinski definition) is 1. The number of nitrogens with zero attached hydrogens (tertiary/aromatic N) is 6. The summed E-state index contributed by atoms with van der Waals surface area (Å²) in [5.74, 6) is 0.358. The lowest BCUT2D eigenvalue weighted by Crippen LogP contribution is -2.42. The molecule has 1 aliphatic heterocycles. The zero-order chi connectivity index (χ0) is 37.5. The van der Waals surface area contributed by atoms with Crippen LogP contribution in [0.3, 0.4) is 0 Å². The lowest BCUT2D eigenvalue weighted by molar-refractivity contribution is 0.0957. The standard InChI is InChI=1S/C40H39Cl2N7O4/c1-20-15-26(16-21(2)35(20)42)52-14-8-9-27-28-11-12-30(41)34(33-23(4)44-47(7)24(33)5)36(28)49-22(3)18-48(39(50)37(27)49)32-19-46(6)31-13-10-25(17-29(31)32)38-43-40(51)53-45-38/h10-13,15-17,19,22H,8-9,14,18H2,1-7H3,(H,43,45,51). The van der Waals surface area contributed by atoms with Crippen LogP contribution in [0.5, 0.6) is 5.75 Å². The first kappa shape index (κ1) is 34.8. The molecule has 0 radical (unpaired) electrons. The molecule has 0 spiro atoms. The Morgan fingerprint density at radius 2 is 1.74 bits per heavy atom. The first-order valence-corrected chi connectivity index (χ1v) is 18.3. The van der Waals surface area contributed by atoms with Crippen molar-refractivity contribution in [1.29, 1.82) is 0 Å². The molecule has 3 aromatic carbocycles. The number of amides is 1. The molecule has 0 saturated heterocycles. The fourth-order valence-electron chi connectivity index (χ4n) is 8.03. The van der Waals surface area contributed by atoms with Gasteiger partial charge in [0, 0.05) is 76.6 Å². The minimum atomic E-state index is -0.631. The third-order valence-electron chi connectivity index (χ3n) is 10.5. The second-order valence-electron chi connectivity index (χ2n) is 14.1. The average molecular weight is 753 g/mol. The van der Waals surface area contributed by atoms with Gasteiger partial charge in [-0.15, -0.1) is 0 Å². The number of carbonyl (C=O) groups excluding carboxylic acids is 1. The van der Waals surface area contributed by atoms with Crippen LogP contribution >= 0.6 is 23.2 Å². The molecule has 1 N–H and O–H groups in total. The van der Waals surface area contributed by atoms with Crippen molar-refractivity contribution in [3.63, 3.8) is 0 Å². The third kappa shape index (κ3) is 5.64. The maximum atomic E-state index is 15.1. The molecular weight excluding hydrogens is 713 g/mol. The third-order valence-corrected chi connectivity index (χ3v) is 11.4. The predicted octanol–water partition coefficient (Wildman–Crippen LogP) is 8.65. The highest BCUT2D eigenvalue weighted by Crippen LogP contribution is 2.46. The van der Waals surface area contributed by atoms with E-state index in [1.807, 2.05) is 105 Å². The molecule has 53 heavy (non-hydrogen) atoms. The maximum absolute atomic E-state index is 15.1. The van der Waals surface area contributed by atoms with E-state index in [2.05, 4.69) is 21.6 Å². The van der Waals surface area contributed by atoms with Crippen LogP contribution in [-0.2, 0) is 20.5 Å². The van der Waals surface area contributed by atoms with E-state index in [0.29, 0.717) is 48.1 Å². The summed E-state index contributed by atoms with van der Waals surface area (Å²) in [6, 6.07) is 13.5. The van der Waals surface area contributed by atoms with E-state index in [9.17, 15) is 4.79 Å². The van der Waals surface area contributed by atoms with E-state index in [4.69, 9.17) is 37.6 Å². The number of aromatic amines is 1. The normalized spacial score (nSPS) is 14.5. The van der Waals surface area contributed by atoms with E-state index < -0.39 is 5.76 Å². The quantitative estimate of drug-likeness (QED) is 0.156. The molecule has 1 atom stereocenters. The van der Waals surface area contributed by atoms with Crippen molar-refractivity contribution in [2.24, 2.45) is 14.1 Å². The van der Waals surface area contributed by atoms with Crippen LogP contribution < -0.4 is 15.4 Å². The minimum Gasteiger partial charge on any atom is -0.494 e. The van der Waals surface area contributed by atoms with Crippen LogP contribution in [-0.4, -0.2) is 48.1 Å². The summed E-state index contributed by atoms with van der Waals surface area (Å²) < 4.78 is 17.1. The highest BCUT2D eigenvalue weighted by molar-refractivity contribution is 6.35. The number of benzene rings is 3. The highest BCUT2D eigenvalue weighted by atomic mass is 35.5. The van der Waals surface area contributed by atoms with Crippen LogP contribution in [0, 0.1) is 27.7 Å². The minimum absolute atomic E-state index is 0.103. The first-order chi connectivity index (χ1) is 25.3. The molecule has 0 aliphatic carbocycles. The average Bonchev–Trinajstić information content (AvgIpc) is 3.86. The van der Waals surface area contributed by atoms with E-state index in [0.717, 1.165) is 77.5 Å². The molecule has 5 heterocycles. The number of rotatable bonds is 8. The monoisotopic (exact) mass is 751 g/mol. The Labute approximate surface area is 315 Å². The molecule has 1 unspecified atom stereocenters. The molecule has 13 heteroatoms. The maximum Gasteiger partial charge on any atom is 0.439 e. The Balaban J connectivity index is 1.26. The van der Waals surface area contributed by atoms with Gasteiger partial charge in [-0.25, -0.2) is 4.79 Å². The van der Waals surface area contributed by atoms with Gasteiger partial charge in [-0.05, 0) is 101 Å². The molecule has 0 bridgehead atoms. The number of halogens is 2. The highest BCUT2D eigenvalue weighted by Gasteiger charge is 2.37. The van der Waals surface area contributed by atoms with Gasteiger partial charge in [-0.2, -0.15) is 5.10 Å². The first-order valence-electron chi connectivity index (χ1n) is 17.6. The molecule has 1 aliphatic rings. The second kappa shape index (κ2) is 13.0. The van der Waals surface area contributed by atoms with Crippen LogP contribution in [0.2, 0.25) is 10.0 Å². The number of ether oxygens (including phenoxy) is 1. The van der Waals surface area contributed by atoms with Gasteiger partial charge in [0.25, 0.3) is 5.91 Å². The van der Waals surface area contributed by atoms with Crippen LogP contribution in [0.1, 0.15) is 58.0 Å². The van der Waals surface area contributed by atoms with Gasteiger partial charge >= 0.3 is 5.76 Å². The Morgan fingerprint density at radius 1 is 0.981 bits per heavy atom. The van der Waals surface area contributed by atoms with Gasteiger partial charge in [0.1, 0.15) is 11.4 Å². The molecule has 1 amide bonds. The number of H-pyrrole nitrogens is 1. The summed E-state index contributed by atoms with van der Waals surface area (Å²) in [4.78, 5) is 31.4. The van der Waals surface area contributed by atoms with Crippen LogP contribution in [0.15, 0.2) is 58.0 Å². The summed E-state index contributed by atoms with van der Waals surface area (Å²) in [5.41, 5.74) is 10.5. The molecule has 0 saturated carbocycles. The molecule has 0 fully saturated rings. The number of hydrogen-bond acceptors (Lipinski definition) is 6. The lowest BCUT2D eigenvalue weighted by Gasteiger charge is -2.34. The summed E-state index contributed by atoms with van der Waals surface area (Å²) in [7, 11) is 3.89. The van der Waals surface area contributed by atoms with Crippen LogP contribution in [0.4, 0.5) is 5.69 Å². The fraction of sp³-hybridized carbons (Fsp3) is 0.300. The van der Waals surface area contributed by atoms with Gasteiger partial charge in [0.2, 0.25) is 0 Å². The Bertz CT molecular complexity index is 2650. The number of aryl methyl sites for hydroxylation is 6. The molecular formula is C40H39Cl2N7O4. The van der Waals surface area contributed by atoms with Crippen molar-refractivity contribution < 1.29 is 14.1 Å². The zero-order valence-electron chi connectivity index (χ0n) is 30.6. The largest absolute Gasteiger partial charge is 0.494 e. The van der Waals surface area contributed by atoms with Gasteiger partial charge < -0.3 is 18.8 Å². The van der Waals surface area contributed by atoms with Crippen molar-refractivity contribution in [3.8, 4) is 28.3 Å². The molecule has 7 aromatic rings. The fourth-order valence-corrected chi connectivity index (χ4v) is 8.38. The zero-order valence-corrected chi connectivity index (χ0v) is 32.1. The van der Waals surface area contributed by atoms with Crippen molar-refractivity contribution in [2.75, 3.05) is 18.1 Å². The number of carbonyl (C=O) groups is 1. The molecule has 11 nitrogen and oxygen atoms in total. The van der Waals surface area contributed by atoms with E-state index in [-0.39, 0.29) is 11.9 Å². The molecule has 272 valence electrons. The summed E-state index contributed by atoms with van der Waals surface area (Å²) in [6.45, 7) is 11.0. The Morgan fingerprint density at radius 3 is 2.42 bits per heavy atom.